The molecule has 0 rings (SSSR count). The van der Waals surface area contributed by atoms with E-state index in [-0.39, 0.29) is 0 Å². The van der Waals surface area contributed by atoms with E-state index >= 15 is 0 Å². The van der Waals surface area contributed by atoms with E-state index in [0.717, 1.165) is 12.0 Å². The highest BCUT2D eigenvalue weighted by Gasteiger charge is 1.84. The molecular weight excluding hydrogens is 151 g/mol. The fourth-order valence-corrected chi connectivity index (χ4v) is 0.714. The monoisotopic (exact) mass is 162 g/mol. The van der Waals surface area contributed by atoms with Crippen LogP contribution in [0.5, 0.6) is 0 Å². The molecule has 0 nitrogen and oxygen atoms in total. The first-order valence-corrected chi connectivity index (χ1v) is 3.86. The van der Waals surface area contributed by atoms with Gasteiger partial charge in [0.1, 0.15) is 6.67 Å². The van der Waals surface area contributed by atoms with E-state index in [1.807, 2.05) is 19.1 Å². The molecule has 0 aliphatic rings. The van der Waals surface area contributed by atoms with Crippen molar-refractivity contribution in [3.05, 3.63) is 23.8 Å². The Morgan fingerprint density at radius 2 is 2.30 bits per heavy atom. The van der Waals surface area contributed by atoms with Gasteiger partial charge in [0.15, 0.2) is 0 Å². The van der Waals surface area contributed by atoms with Crippen molar-refractivity contribution in [1.82, 2.24) is 0 Å². The Morgan fingerprint density at radius 3 is 2.70 bits per heavy atom. The van der Waals surface area contributed by atoms with E-state index in [1.165, 1.54) is 0 Å². The fraction of sp³-hybridized carbons (Fsp3) is 0.500. The van der Waals surface area contributed by atoms with E-state index in [0.29, 0.717) is 5.88 Å². The molecule has 0 fully saturated rings. The summed E-state index contributed by atoms with van der Waals surface area (Å²) in [6.45, 7) is 1.59. The van der Waals surface area contributed by atoms with Crippen LogP contribution in [0.25, 0.3) is 0 Å². The van der Waals surface area contributed by atoms with Crippen molar-refractivity contribution in [2.24, 2.45) is 0 Å². The highest BCUT2D eigenvalue weighted by molar-refractivity contribution is 6.18. The highest BCUT2D eigenvalue weighted by Crippen LogP contribution is 2.02. The summed E-state index contributed by atoms with van der Waals surface area (Å²) in [5.74, 6) is 0.490. The third-order valence-corrected chi connectivity index (χ3v) is 1.35. The maximum atomic E-state index is 11.7. The molecule has 0 radical (unpaired) electrons. The van der Waals surface area contributed by atoms with E-state index in [2.05, 4.69) is 0 Å². The minimum absolute atomic E-state index is 0.393. The van der Waals surface area contributed by atoms with Crippen LogP contribution < -0.4 is 0 Å². The Hall–Kier alpha value is -0.300. The molecule has 0 saturated heterocycles. The van der Waals surface area contributed by atoms with Crippen LogP contribution in [0, 0.1) is 0 Å². The second-order valence-corrected chi connectivity index (χ2v) is 2.15. The van der Waals surface area contributed by atoms with Gasteiger partial charge in [-0.1, -0.05) is 25.2 Å². The zero-order chi connectivity index (χ0) is 7.82. The Labute approximate surface area is 66.4 Å². The third-order valence-electron chi connectivity index (χ3n) is 1.17. The standard InChI is InChI=1S/C8H12ClF/c1-2-8(5-7-10)4-3-6-9/h3-5H,2,6-7H2,1H3/b4-3-,8-5-. The van der Waals surface area contributed by atoms with Gasteiger partial charge in [-0.15, -0.1) is 11.6 Å². The van der Waals surface area contributed by atoms with Crippen molar-refractivity contribution >= 4 is 11.6 Å². The highest BCUT2D eigenvalue weighted by atomic mass is 35.5. The van der Waals surface area contributed by atoms with Crippen molar-refractivity contribution in [3.8, 4) is 0 Å². The molecule has 58 valence electrons. The lowest BCUT2D eigenvalue weighted by Crippen LogP contribution is -1.76. The maximum absolute atomic E-state index is 11.7. The number of allylic oxidation sites excluding steroid dienone is 4. The Bertz CT molecular complexity index is 127. The van der Waals surface area contributed by atoms with Crippen molar-refractivity contribution in [1.29, 1.82) is 0 Å². The number of alkyl halides is 2. The third kappa shape index (κ3) is 4.57. The number of rotatable bonds is 4. The molecule has 0 unspecified atom stereocenters. The first-order valence-electron chi connectivity index (χ1n) is 3.32. The maximum Gasteiger partial charge on any atom is 0.108 e. The Balaban J connectivity index is 3.82. The zero-order valence-electron chi connectivity index (χ0n) is 6.11. The molecule has 0 bridgehead atoms. The van der Waals surface area contributed by atoms with Gasteiger partial charge < -0.3 is 0 Å². The van der Waals surface area contributed by atoms with Gasteiger partial charge >= 0.3 is 0 Å². The predicted octanol–water partition coefficient (Wildman–Crippen LogP) is 3.09. The molecule has 0 aliphatic carbocycles. The molecule has 0 heterocycles. The van der Waals surface area contributed by atoms with Crippen LogP contribution in [0.15, 0.2) is 23.8 Å². The summed E-state index contributed by atoms with van der Waals surface area (Å²) in [5, 5.41) is 0. The smallest absolute Gasteiger partial charge is 0.108 e. The van der Waals surface area contributed by atoms with Crippen LogP contribution in [-0.4, -0.2) is 12.6 Å². The largest absolute Gasteiger partial charge is 0.247 e. The molecule has 0 aromatic heterocycles. The lowest BCUT2D eigenvalue weighted by atomic mass is 10.2. The molecule has 0 aromatic carbocycles. The van der Waals surface area contributed by atoms with Gasteiger partial charge in [0.2, 0.25) is 0 Å². The summed E-state index contributed by atoms with van der Waals surface area (Å²) in [7, 11) is 0. The molecule has 0 spiro atoms. The van der Waals surface area contributed by atoms with Crippen LogP contribution in [-0.2, 0) is 0 Å². The van der Waals surface area contributed by atoms with Gasteiger partial charge in [0, 0.05) is 5.88 Å². The van der Waals surface area contributed by atoms with Gasteiger partial charge in [-0.2, -0.15) is 0 Å². The van der Waals surface area contributed by atoms with Crippen LogP contribution in [0.4, 0.5) is 4.39 Å². The predicted molar refractivity (Wildman–Crippen MR) is 44.2 cm³/mol. The second-order valence-electron chi connectivity index (χ2n) is 1.84. The number of hydrogen-bond acceptors (Lipinski definition) is 0. The van der Waals surface area contributed by atoms with E-state index < -0.39 is 6.67 Å². The molecule has 0 aromatic rings. The van der Waals surface area contributed by atoms with Crippen LogP contribution in [0.1, 0.15) is 13.3 Å². The SMILES string of the molecule is CCC(/C=C\CCl)=C/CF. The average Bonchev–Trinajstić information content (AvgIpc) is 1.98. The van der Waals surface area contributed by atoms with Crippen LogP contribution in [0.2, 0.25) is 0 Å². The average molecular weight is 163 g/mol. The van der Waals surface area contributed by atoms with E-state index in [9.17, 15) is 4.39 Å². The molecule has 10 heavy (non-hydrogen) atoms. The molecule has 0 N–H and O–H groups in total. The van der Waals surface area contributed by atoms with E-state index in [1.54, 1.807) is 6.08 Å². The molecule has 2 heteroatoms. The van der Waals surface area contributed by atoms with Crippen LogP contribution >= 0.6 is 11.6 Å². The number of hydrogen-bond donors (Lipinski definition) is 0. The number of halogens is 2. The summed E-state index contributed by atoms with van der Waals surface area (Å²) in [6.07, 6.45) is 6.08. The quantitative estimate of drug-likeness (QED) is 0.440. The first kappa shape index (κ1) is 9.70. The Kier molecular flexibility index (Phi) is 6.61. The molecule has 0 saturated carbocycles. The summed E-state index contributed by atoms with van der Waals surface area (Å²) in [6, 6.07) is 0. The van der Waals surface area contributed by atoms with Crippen LogP contribution in [0.3, 0.4) is 0 Å². The summed E-state index contributed by atoms with van der Waals surface area (Å²) < 4.78 is 11.7. The lowest BCUT2D eigenvalue weighted by Gasteiger charge is -1.92. The van der Waals surface area contributed by atoms with E-state index in [4.69, 9.17) is 11.6 Å². The lowest BCUT2D eigenvalue weighted by molar-refractivity contribution is 0.559. The summed E-state index contributed by atoms with van der Waals surface area (Å²) >= 11 is 5.39. The minimum Gasteiger partial charge on any atom is -0.247 e. The topological polar surface area (TPSA) is 0 Å². The van der Waals surface area contributed by atoms with Crippen molar-refractivity contribution in [2.45, 2.75) is 13.3 Å². The fourth-order valence-electron chi connectivity index (χ4n) is 0.625. The van der Waals surface area contributed by atoms with Gasteiger partial charge in [-0.25, -0.2) is 4.39 Å². The van der Waals surface area contributed by atoms with Crippen molar-refractivity contribution in [2.75, 3.05) is 12.6 Å². The van der Waals surface area contributed by atoms with Crippen molar-refractivity contribution < 1.29 is 4.39 Å². The molecule has 0 aliphatic heterocycles. The van der Waals surface area contributed by atoms with Gasteiger partial charge in [0.05, 0.1) is 0 Å². The summed E-state index contributed by atoms with van der Waals surface area (Å²) in [4.78, 5) is 0. The molecular formula is C8H12ClF. The minimum atomic E-state index is -0.393. The summed E-state index contributed by atoms with van der Waals surface area (Å²) in [5.41, 5.74) is 1.00. The normalized spacial score (nSPS) is 12.9. The van der Waals surface area contributed by atoms with Gasteiger partial charge in [-0.05, 0) is 12.0 Å². The first-order chi connectivity index (χ1) is 4.85. The molecule has 0 atom stereocenters. The Morgan fingerprint density at radius 1 is 1.60 bits per heavy atom. The molecule has 0 amide bonds. The van der Waals surface area contributed by atoms with Gasteiger partial charge in [-0.3, -0.25) is 0 Å². The van der Waals surface area contributed by atoms with Gasteiger partial charge in [0.25, 0.3) is 0 Å². The zero-order valence-corrected chi connectivity index (χ0v) is 6.87. The second kappa shape index (κ2) is 6.81. The van der Waals surface area contributed by atoms with Crippen molar-refractivity contribution in [3.63, 3.8) is 0 Å².